The maximum absolute atomic E-state index is 14.6. The van der Waals surface area contributed by atoms with Crippen molar-refractivity contribution in [3.8, 4) is 11.4 Å². The van der Waals surface area contributed by atoms with Crippen LogP contribution < -0.4 is 10.4 Å². The molecule has 4 rings (SSSR count). The van der Waals surface area contributed by atoms with Gasteiger partial charge in [-0.15, -0.1) is 5.10 Å². The Morgan fingerprint density at radius 1 is 1.25 bits per heavy atom. The maximum Gasteiger partial charge on any atom is 0.333 e. The molecule has 0 aliphatic rings. The number of nitrogens with zero attached hydrogens (tertiary/aromatic N) is 6. The lowest BCUT2D eigenvalue weighted by Crippen LogP contribution is -2.21. The van der Waals surface area contributed by atoms with Crippen LogP contribution in [0.3, 0.4) is 0 Å². The van der Waals surface area contributed by atoms with E-state index < -0.39 is 5.95 Å². The Morgan fingerprint density at radius 3 is 2.66 bits per heavy atom. The van der Waals surface area contributed by atoms with Gasteiger partial charge in [-0.3, -0.25) is 23.8 Å². The van der Waals surface area contributed by atoms with Crippen LogP contribution in [0, 0.1) is 5.95 Å². The summed E-state index contributed by atoms with van der Waals surface area (Å²) in [5.41, 5.74) is 3.03. The molecule has 0 amide bonds. The van der Waals surface area contributed by atoms with Gasteiger partial charge < -0.3 is 4.74 Å². The van der Waals surface area contributed by atoms with E-state index in [1.54, 1.807) is 45.9 Å². The van der Waals surface area contributed by atoms with Crippen LogP contribution in [0.25, 0.3) is 33.2 Å². The van der Waals surface area contributed by atoms with Crippen molar-refractivity contribution in [2.45, 2.75) is 13.8 Å². The van der Waals surface area contributed by atoms with Gasteiger partial charge in [0.1, 0.15) is 11.4 Å². The van der Waals surface area contributed by atoms with E-state index >= 15 is 0 Å². The van der Waals surface area contributed by atoms with Crippen LogP contribution in [0.5, 0.6) is 5.75 Å². The van der Waals surface area contributed by atoms with Crippen molar-refractivity contribution in [1.29, 1.82) is 0 Å². The summed E-state index contributed by atoms with van der Waals surface area (Å²) in [5, 5.41) is 4.44. The fraction of sp³-hybridized carbons (Fsp3) is 0.217. The highest BCUT2D eigenvalue weighted by atomic mass is 19.1. The van der Waals surface area contributed by atoms with E-state index in [2.05, 4.69) is 15.1 Å². The zero-order chi connectivity index (χ0) is 23.0. The van der Waals surface area contributed by atoms with Crippen molar-refractivity contribution in [2.75, 3.05) is 7.11 Å². The van der Waals surface area contributed by atoms with Gasteiger partial charge in [0.05, 0.1) is 36.1 Å². The molecule has 4 aromatic rings. The fourth-order valence-electron chi connectivity index (χ4n) is 3.75. The normalized spacial score (nSPS) is 12.8. The van der Waals surface area contributed by atoms with Crippen molar-refractivity contribution in [3.05, 3.63) is 64.9 Å². The lowest BCUT2D eigenvalue weighted by Gasteiger charge is -2.12. The molecule has 3 heterocycles. The number of methoxy groups -OCH3 is 1. The summed E-state index contributed by atoms with van der Waals surface area (Å²) in [5.74, 6) is -0.116. The van der Waals surface area contributed by atoms with E-state index in [0.29, 0.717) is 27.7 Å². The third-order valence-corrected chi connectivity index (χ3v) is 5.28. The summed E-state index contributed by atoms with van der Waals surface area (Å²) >= 11 is 0. The van der Waals surface area contributed by atoms with Crippen molar-refractivity contribution in [3.63, 3.8) is 0 Å². The molecule has 164 valence electrons. The number of aromatic nitrogens is 5. The average Bonchev–Trinajstić information content (AvgIpc) is 3.25. The molecule has 0 spiro atoms. The lowest BCUT2D eigenvalue weighted by molar-refractivity contribution is 0.414. The van der Waals surface area contributed by atoms with E-state index in [9.17, 15) is 9.18 Å². The van der Waals surface area contributed by atoms with Gasteiger partial charge in [-0.1, -0.05) is 12.2 Å². The molecule has 0 atom stereocenters. The second-order valence-electron chi connectivity index (χ2n) is 7.22. The Bertz CT molecular complexity index is 1490. The maximum atomic E-state index is 14.6. The zero-order valence-corrected chi connectivity index (χ0v) is 18.5. The Kier molecular flexibility index (Phi) is 5.48. The highest BCUT2D eigenvalue weighted by Crippen LogP contribution is 2.34. The van der Waals surface area contributed by atoms with Crippen LogP contribution in [0.15, 0.2) is 52.7 Å². The molecule has 0 N–H and O–H groups in total. The van der Waals surface area contributed by atoms with E-state index in [-0.39, 0.29) is 11.4 Å². The summed E-state index contributed by atoms with van der Waals surface area (Å²) in [6.07, 6.45) is 10.3. The highest BCUT2D eigenvalue weighted by Gasteiger charge is 2.21. The van der Waals surface area contributed by atoms with Crippen molar-refractivity contribution < 1.29 is 9.13 Å². The molecule has 0 bridgehead atoms. The molecule has 0 radical (unpaired) electrons. The van der Waals surface area contributed by atoms with Gasteiger partial charge in [0.25, 0.3) is 5.95 Å². The molecular formula is C23H23FN6O2. The van der Waals surface area contributed by atoms with Gasteiger partial charge >= 0.3 is 5.69 Å². The Labute approximate surface area is 183 Å². The Balaban J connectivity index is 2.12. The first-order chi connectivity index (χ1) is 15.4. The molecule has 0 saturated heterocycles. The predicted octanol–water partition coefficient (Wildman–Crippen LogP) is 3.77. The number of aliphatic imine (C=N–C) groups is 1. The van der Waals surface area contributed by atoms with Gasteiger partial charge in [-0.05, 0) is 25.5 Å². The zero-order valence-electron chi connectivity index (χ0n) is 18.5. The summed E-state index contributed by atoms with van der Waals surface area (Å²) < 4.78 is 24.3. The summed E-state index contributed by atoms with van der Waals surface area (Å²) in [6.45, 7) is 3.79. The van der Waals surface area contributed by atoms with Crippen LogP contribution in [-0.2, 0) is 14.1 Å². The first kappa shape index (κ1) is 21.2. The average molecular weight is 434 g/mol. The molecule has 0 aliphatic carbocycles. The molecule has 9 heteroatoms. The molecule has 0 saturated carbocycles. The Hall–Kier alpha value is -4.01. The number of aryl methyl sites for hydroxylation is 2. The fourth-order valence-corrected chi connectivity index (χ4v) is 3.75. The molecule has 0 fully saturated rings. The number of allylic oxidation sites excluding steroid dienone is 3. The predicted molar refractivity (Wildman–Crippen MR) is 124 cm³/mol. The van der Waals surface area contributed by atoms with E-state index in [1.807, 2.05) is 32.1 Å². The molecule has 32 heavy (non-hydrogen) atoms. The molecule has 8 nitrogen and oxygen atoms in total. The van der Waals surface area contributed by atoms with Gasteiger partial charge in [-0.2, -0.15) is 4.39 Å². The van der Waals surface area contributed by atoms with Crippen LogP contribution in [0.1, 0.15) is 19.4 Å². The smallest absolute Gasteiger partial charge is 0.333 e. The number of imidazole rings is 1. The van der Waals surface area contributed by atoms with E-state index in [1.165, 1.54) is 20.0 Å². The number of hydrogen-bond donors (Lipinski definition) is 0. The largest absolute Gasteiger partial charge is 0.496 e. The minimum absolute atomic E-state index is 0.0777. The second kappa shape index (κ2) is 8.26. The lowest BCUT2D eigenvalue weighted by atomic mass is 10.0. The SMILES string of the molecule is C\C=C(/C=N/C=C/C)c1cc2c(cc1OC)ncc1c2n(-c2cn(C)nc2F)c(=O)n1C. The molecular weight excluding hydrogens is 411 g/mol. The van der Waals surface area contributed by atoms with Gasteiger partial charge in [-0.25, -0.2) is 4.79 Å². The third-order valence-electron chi connectivity index (χ3n) is 5.28. The van der Waals surface area contributed by atoms with E-state index in [0.717, 1.165) is 11.1 Å². The second-order valence-corrected chi connectivity index (χ2v) is 7.22. The number of fused-ring (bicyclic) bond motifs is 3. The first-order valence-corrected chi connectivity index (χ1v) is 10.00. The van der Waals surface area contributed by atoms with Gasteiger partial charge in [0.15, 0.2) is 0 Å². The van der Waals surface area contributed by atoms with Crippen molar-refractivity contribution in [2.24, 2.45) is 19.1 Å². The number of rotatable bonds is 5. The van der Waals surface area contributed by atoms with Gasteiger partial charge in [0, 0.05) is 43.5 Å². The van der Waals surface area contributed by atoms with Crippen LogP contribution >= 0.6 is 0 Å². The van der Waals surface area contributed by atoms with Crippen LogP contribution in [0.2, 0.25) is 0 Å². The molecule has 0 unspecified atom stereocenters. The third kappa shape index (κ3) is 3.31. The van der Waals surface area contributed by atoms with Crippen molar-refractivity contribution in [1.82, 2.24) is 23.9 Å². The minimum atomic E-state index is -0.728. The highest BCUT2D eigenvalue weighted by molar-refractivity contribution is 6.14. The van der Waals surface area contributed by atoms with Gasteiger partial charge in [0.2, 0.25) is 0 Å². The van der Waals surface area contributed by atoms with Crippen molar-refractivity contribution >= 4 is 33.7 Å². The Morgan fingerprint density at radius 2 is 2.03 bits per heavy atom. The number of ether oxygens (including phenoxy) is 1. The topological polar surface area (TPSA) is 79.2 Å². The number of benzene rings is 1. The standard InChI is InChI=1S/C23H23FN6O2/c1-6-8-25-11-14(7-2)15-9-16-17(10-20(15)32-5)26-12-18-21(16)30(23(31)29(18)4)19-13-28(3)27-22(19)24/h6-13H,1-5H3/b8-6+,14-7+,25-11+. The molecule has 1 aromatic carbocycles. The van der Waals surface area contributed by atoms with E-state index in [4.69, 9.17) is 4.74 Å². The summed E-state index contributed by atoms with van der Waals surface area (Å²) in [4.78, 5) is 21.9. The number of hydrogen-bond acceptors (Lipinski definition) is 5. The van der Waals surface area contributed by atoms with Crippen LogP contribution in [0.4, 0.5) is 4.39 Å². The summed E-state index contributed by atoms with van der Waals surface area (Å²) in [7, 11) is 4.82. The minimum Gasteiger partial charge on any atom is -0.496 e. The number of halogens is 1. The quantitative estimate of drug-likeness (QED) is 0.448. The van der Waals surface area contributed by atoms with Crippen LogP contribution in [-0.4, -0.2) is 37.2 Å². The number of pyridine rings is 1. The molecule has 3 aromatic heterocycles. The molecule has 0 aliphatic heterocycles. The monoisotopic (exact) mass is 434 g/mol. The first-order valence-electron chi connectivity index (χ1n) is 10.00. The summed E-state index contributed by atoms with van der Waals surface area (Å²) in [6, 6.07) is 3.70.